The highest BCUT2D eigenvalue weighted by Gasteiger charge is 2.39. The molecule has 0 aliphatic rings. The number of halogens is 6. The smallest absolute Gasteiger partial charge is 0.274 e. The molecule has 11 heteroatoms. The van der Waals surface area contributed by atoms with Crippen LogP contribution in [0.3, 0.4) is 0 Å². The fraction of sp³-hybridized carbons (Fsp3) is 0.300. The predicted molar refractivity (Wildman–Crippen MR) is 55.5 cm³/mol. The summed E-state index contributed by atoms with van der Waals surface area (Å²) in [5.74, 6) is -2.10. The number of alkyl halides is 6. The Morgan fingerprint density at radius 2 is 1.38 bits per heavy atom. The highest BCUT2D eigenvalue weighted by Crippen LogP contribution is 2.33. The first kappa shape index (κ1) is 16.7. The van der Waals surface area contributed by atoms with Crippen molar-refractivity contribution in [2.75, 3.05) is 0 Å². The second-order valence-corrected chi connectivity index (χ2v) is 3.76. The van der Waals surface area contributed by atoms with Crippen molar-refractivity contribution >= 4 is 11.8 Å². The second-order valence-electron chi connectivity index (χ2n) is 3.76. The van der Waals surface area contributed by atoms with Gasteiger partial charge in [0.1, 0.15) is 11.4 Å². The van der Waals surface area contributed by atoms with E-state index in [-0.39, 0.29) is 12.1 Å². The Labute approximate surface area is 113 Å². The molecule has 1 rings (SSSR count). The zero-order valence-corrected chi connectivity index (χ0v) is 10.2. The van der Waals surface area contributed by atoms with Gasteiger partial charge < -0.3 is 0 Å². The van der Waals surface area contributed by atoms with E-state index in [4.69, 9.17) is 0 Å². The van der Waals surface area contributed by atoms with Crippen LogP contribution in [0.4, 0.5) is 26.3 Å². The van der Waals surface area contributed by atoms with Crippen LogP contribution in [0.2, 0.25) is 0 Å². The van der Waals surface area contributed by atoms with E-state index in [1.54, 1.807) is 10.9 Å². The van der Waals surface area contributed by atoms with Crippen LogP contribution in [0.5, 0.6) is 0 Å². The minimum atomic E-state index is -5.16. The van der Waals surface area contributed by atoms with Gasteiger partial charge in [0.05, 0.1) is 0 Å². The molecule has 0 saturated carbocycles. The molecule has 0 unspecified atom stereocenters. The number of carbonyl (C=O) groups excluding carboxylic acids is 2. The summed E-state index contributed by atoms with van der Waals surface area (Å²) in [7, 11) is 0. The Bertz CT molecular complexity index is 535. The van der Waals surface area contributed by atoms with Gasteiger partial charge in [-0.15, -0.1) is 0 Å². The number of amides is 2. The van der Waals surface area contributed by atoms with E-state index in [0.717, 1.165) is 6.92 Å². The summed E-state index contributed by atoms with van der Waals surface area (Å²) in [6, 6.07) is 0.290. The van der Waals surface area contributed by atoms with E-state index < -0.39 is 41.1 Å². The van der Waals surface area contributed by atoms with Gasteiger partial charge in [-0.25, -0.2) is 4.98 Å². The van der Waals surface area contributed by atoms with Gasteiger partial charge in [0.2, 0.25) is 5.91 Å². The van der Waals surface area contributed by atoms with E-state index in [0.29, 0.717) is 0 Å². The predicted octanol–water partition coefficient (Wildman–Crippen LogP) is 1.90. The van der Waals surface area contributed by atoms with Crippen molar-refractivity contribution in [1.82, 2.24) is 15.8 Å². The number of nitrogens with one attached hydrogen (secondary N) is 2. The molecule has 0 aliphatic carbocycles. The summed E-state index contributed by atoms with van der Waals surface area (Å²) in [6.07, 6.45) is -10.3. The number of carbonyl (C=O) groups is 2. The van der Waals surface area contributed by atoms with E-state index in [2.05, 4.69) is 4.98 Å². The molecule has 2 N–H and O–H groups in total. The number of hydrogen-bond acceptors (Lipinski definition) is 3. The Balaban J connectivity index is 3.26. The van der Waals surface area contributed by atoms with Crippen molar-refractivity contribution in [3.8, 4) is 0 Å². The number of aromatic nitrogens is 1. The quantitative estimate of drug-likeness (QED) is 0.614. The van der Waals surface area contributed by atoms with Gasteiger partial charge in [-0.2, -0.15) is 26.3 Å². The molecular formula is C10H7F6N3O2. The Morgan fingerprint density at radius 3 is 1.71 bits per heavy atom. The van der Waals surface area contributed by atoms with Crippen molar-refractivity contribution in [3.63, 3.8) is 0 Å². The lowest BCUT2D eigenvalue weighted by atomic mass is 10.1. The SMILES string of the molecule is CC(=O)NNC(=O)c1cc(C(F)(F)F)nc(C(F)(F)F)c1. The van der Waals surface area contributed by atoms with Crippen LogP contribution in [0.1, 0.15) is 28.7 Å². The van der Waals surface area contributed by atoms with Crippen LogP contribution < -0.4 is 10.9 Å². The van der Waals surface area contributed by atoms with Gasteiger partial charge in [-0.1, -0.05) is 0 Å². The van der Waals surface area contributed by atoms with Crippen molar-refractivity contribution in [1.29, 1.82) is 0 Å². The number of hydrogen-bond donors (Lipinski definition) is 2. The normalized spacial score (nSPS) is 12.0. The maximum Gasteiger partial charge on any atom is 0.433 e. The van der Waals surface area contributed by atoms with Gasteiger partial charge in [0.25, 0.3) is 5.91 Å². The van der Waals surface area contributed by atoms with Crippen molar-refractivity contribution in [2.45, 2.75) is 19.3 Å². The highest BCUT2D eigenvalue weighted by atomic mass is 19.4. The van der Waals surface area contributed by atoms with Gasteiger partial charge in [-0.05, 0) is 12.1 Å². The summed E-state index contributed by atoms with van der Waals surface area (Å²) in [4.78, 5) is 24.4. The maximum absolute atomic E-state index is 12.5. The monoisotopic (exact) mass is 315 g/mol. The van der Waals surface area contributed by atoms with Gasteiger partial charge in [-0.3, -0.25) is 20.4 Å². The van der Waals surface area contributed by atoms with Crippen molar-refractivity contribution < 1.29 is 35.9 Å². The molecule has 1 aromatic heterocycles. The summed E-state index contributed by atoms with van der Waals surface area (Å²) in [5, 5.41) is 0. The largest absolute Gasteiger partial charge is 0.433 e. The molecule has 116 valence electrons. The lowest BCUT2D eigenvalue weighted by Crippen LogP contribution is -2.40. The maximum atomic E-state index is 12.5. The standard InChI is InChI=1S/C10H7F6N3O2/c1-4(20)18-19-8(21)5-2-6(9(11,12)13)17-7(3-5)10(14,15)16/h2-3H,1H3,(H,18,20)(H,19,21). The van der Waals surface area contributed by atoms with E-state index in [1.807, 2.05) is 0 Å². The molecule has 0 aromatic carbocycles. The van der Waals surface area contributed by atoms with Gasteiger partial charge in [0, 0.05) is 12.5 Å². The first-order chi connectivity index (χ1) is 9.41. The lowest BCUT2D eigenvalue weighted by Gasteiger charge is -2.13. The Morgan fingerprint density at radius 1 is 0.952 bits per heavy atom. The van der Waals surface area contributed by atoms with Crippen LogP contribution in [0, 0.1) is 0 Å². The van der Waals surface area contributed by atoms with Crippen LogP contribution >= 0.6 is 0 Å². The molecule has 0 atom stereocenters. The fourth-order valence-corrected chi connectivity index (χ4v) is 1.17. The van der Waals surface area contributed by atoms with Crippen molar-refractivity contribution in [2.24, 2.45) is 0 Å². The molecule has 0 aliphatic heterocycles. The molecule has 1 aromatic rings. The molecule has 0 saturated heterocycles. The molecule has 0 radical (unpaired) electrons. The average molecular weight is 315 g/mol. The third-order valence-corrected chi connectivity index (χ3v) is 2.02. The molecular weight excluding hydrogens is 308 g/mol. The Kier molecular flexibility index (Phi) is 4.44. The summed E-state index contributed by atoms with van der Waals surface area (Å²) in [6.45, 7) is 0.981. The van der Waals surface area contributed by atoms with Crippen molar-refractivity contribution in [3.05, 3.63) is 29.1 Å². The first-order valence-corrected chi connectivity index (χ1v) is 5.14. The summed E-state index contributed by atoms with van der Waals surface area (Å²) >= 11 is 0. The first-order valence-electron chi connectivity index (χ1n) is 5.14. The number of nitrogens with zero attached hydrogens (tertiary/aromatic N) is 1. The molecule has 0 spiro atoms. The van der Waals surface area contributed by atoms with Crippen LogP contribution in [-0.2, 0) is 17.1 Å². The third-order valence-electron chi connectivity index (χ3n) is 2.02. The summed E-state index contributed by atoms with van der Waals surface area (Å²) in [5.41, 5.74) is -1.29. The average Bonchev–Trinajstić information content (AvgIpc) is 2.33. The minimum absolute atomic E-state index is 0.145. The lowest BCUT2D eigenvalue weighted by molar-refractivity contribution is -0.150. The molecule has 21 heavy (non-hydrogen) atoms. The summed E-state index contributed by atoms with van der Waals surface area (Å²) < 4.78 is 74.9. The fourth-order valence-electron chi connectivity index (χ4n) is 1.17. The molecule has 1 heterocycles. The minimum Gasteiger partial charge on any atom is -0.274 e. The number of pyridine rings is 1. The van der Waals surface area contributed by atoms with Crippen LogP contribution in [0.25, 0.3) is 0 Å². The molecule has 2 amide bonds. The third kappa shape index (κ3) is 4.61. The van der Waals surface area contributed by atoms with E-state index >= 15 is 0 Å². The van der Waals surface area contributed by atoms with Gasteiger partial charge in [0.15, 0.2) is 0 Å². The topological polar surface area (TPSA) is 71.1 Å². The zero-order chi connectivity index (χ0) is 16.4. The van der Waals surface area contributed by atoms with Gasteiger partial charge >= 0.3 is 12.4 Å². The van der Waals surface area contributed by atoms with Crippen LogP contribution in [0.15, 0.2) is 12.1 Å². The zero-order valence-electron chi connectivity index (χ0n) is 10.2. The second kappa shape index (κ2) is 5.58. The number of hydrazine groups is 1. The number of rotatable bonds is 1. The van der Waals surface area contributed by atoms with Crippen LogP contribution in [-0.4, -0.2) is 16.8 Å². The van der Waals surface area contributed by atoms with E-state index in [9.17, 15) is 35.9 Å². The highest BCUT2D eigenvalue weighted by molar-refractivity contribution is 5.95. The van der Waals surface area contributed by atoms with E-state index in [1.165, 1.54) is 0 Å². The molecule has 0 fully saturated rings. The molecule has 5 nitrogen and oxygen atoms in total. The molecule has 0 bridgehead atoms. The Hall–Kier alpha value is -2.33.